The molecule has 8 nitrogen and oxygen atoms in total. The Morgan fingerprint density at radius 2 is 1.76 bits per heavy atom. The highest BCUT2D eigenvalue weighted by molar-refractivity contribution is 7.89. The van der Waals surface area contributed by atoms with Crippen molar-refractivity contribution in [1.82, 2.24) is 20.0 Å². The summed E-state index contributed by atoms with van der Waals surface area (Å²) in [5.74, 6) is 0.639. The maximum Gasteiger partial charge on any atom is 0.240 e. The van der Waals surface area contributed by atoms with E-state index in [1.54, 1.807) is 30.3 Å². The van der Waals surface area contributed by atoms with Crippen LogP contribution in [0, 0.1) is 11.7 Å². The van der Waals surface area contributed by atoms with E-state index in [-0.39, 0.29) is 34.6 Å². The van der Waals surface area contributed by atoms with Crippen LogP contribution in [0.4, 0.5) is 4.39 Å². The molecule has 1 atom stereocenters. The topological polar surface area (TPSA) is 113 Å². The summed E-state index contributed by atoms with van der Waals surface area (Å²) in [7, 11) is -3.71. The van der Waals surface area contributed by atoms with Crippen molar-refractivity contribution < 1.29 is 22.3 Å². The second-order valence-corrected chi connectivity index (χ2v) is 11.9. The van der Waals surface area contributed by atoms with Gasteiger partial charge < -0.3 is 15.0 Å². The van der Waals surface area contributed by atoms with Crippen LogP contribution in [0.5, 0.6) is 0 Å². The number of carbonyl (C=O) groups excluding carboxylic acids is 1. The van der Waals surface area contributed by atoms with Crippen molar-refractivity contribution in [2.24, 2.45) is 5.92 Å². The molecule has 1 aliphatic heterocycles. The van der Waals surface area contributed by atoms with Gasteiger partial charge in [-0.15, -0.1) is 0 Å². The fourth-order valence-corrected chi connectivity index (χ4v) is 6.60. The normalized spacial score (nSPS) is 22.1. The number of fused-ring (bicyclic) bond motifs is 1. The smallest absolute Gasteiger partial charge is 0.240 e. The Morgan fingerprint density at radius 1 is 1.05 bits per heavy atom. The number of hydrogen-bond donors (Lipinski definition) is 3. The monoisotopic (exact) mass is 528 g/mol. The van der Waals surface area contributed by atoms with Gasteiger partial charge in [0.1, 0.15) is 11.6 Å². The van der Waals surface area contributed by atoms with Gasteiger partial charge in [0.25, 0.3) is 0 Å². The third-order valence-electron chi connectivity index (χ3n) is 7.54. The highest BCUT2D eigenvalue weighted by Gasteiger charge is 2.30. The average molecular weight is 529 g/mol. The molecule has 1 saturated heterocycles. The molecule has 3 aromatic rings. The Morgan fingerprint density at radius 3 is 2.46 bits per heavy atom. The van der Waals surface area contributed by atoms with Gasteiger partial charge in [0.2, 0.25) is 15.9 Å². The highest BCUT2D eigenvalue weighted by atomic mass is 32.2. The molecule has 0 bridgehead atoms. The van der Waals surface area contributed by atoms with Crippen molar-refractivity contribution in [2.75, 3.05) is 13.2 Å². The number of imidazole rings is 1. The highest BCUT2D eigenvalue weighted by Crippen LogP contribution is 2.29. The standard InChI is InChI=1S/C27H33FN4O4S/c1-17(18-2-6-21(28)7-3-18)29-27(33)20-4-8-22(9-5-20)32-37(34,35)23-10-11-24-25(16-23)31-26(30-24)19-12-14-36-15-13-19/h2-3,6-7,10-11,16-17,19-20,22,32H,4-5,8-9,12-15H2,1H3,(H,29,33)(H,30,31)/t17-,20?,22?/m1/s1. The maximum absolute atomic E-state index is 13.2. The first-order chi connectivity index (χ1) is 17.8. The number of halogens is 1. The average Bonchev–Trinajstić information content (AvgIpc) is 3.33. The fraction of sp³-hybridized carbons (Fsp3) is 0.481. The molecule has 198 valence electrons. The summed E-state index contributed by atoms with van der Waals surface area (Å²) in [6.07, 6.45) is 4.17. The van der Waals surface area contributed by atoms with Gasteiger partial charge in [-0.25, -0.2) is 22.5 Å². The van der Waals surface area contributed by atoms with E-state index in [2.05, 4.69) is 20.0 Å². The van der Waals surface area contributed by atoms with E-state index in [4.69, 9.17) is 4.74 Å². The minimum absolute atomic E-state index is 0.0526. The first kappa shape index (κ1) is 25.8. The Hall–Kier alpha value is -2.82. The Balaban J connectivity index is 1.17. The van der Waals surface area contributed by atoms with Crippen LogP contribution in [-0.4, -0.2) is 43.5 Å². The minimum Gasteiger partial charge on any atom is -0.381 e. The Labute approximate surface area is 216 Å². The lowest BCUT2D eigenvalue weighted by molar-refractivity contribution is -0.126. The van der Waals surface area contributed by atoms with Crippen LogP contribution in [0.1, 0.15) is 68.8 Å². The predicted molar refractivity (Wildman–Crippen MR) is 138 cm³/mol. The van der Waals surface area contributed by atoms with Gasteiger partial charge in [-0.05, 0) is 81.3 Å². The first-order valence-electron chi connectivity index (χ1n) is 12.9. The molecule has 0 radical (unpaired) electrons. The van der Waals surface area contributed by atoms with Gasteiger partial charge in [-0.3, -0.25) is 4.79 Å². The van der Waals surface area contributed by atoms with Crippen molar-refractivity contribution in [3.8, 4) is 0 Å². The molecule has 1 saturated carbocycles. The number of aromatic nitrogens is 2. The predicted octanol–water partition coefficient (Wildman–Crippen LogP) is 4.31. The van der Waals surface area contributed by atoms with Gasteiger partial charge in [0.15, 0.2) is 0 Å². The SMILES string of the molecule is C[C@@H](NC(=O)C1CCC(NS(=O)(=O)c2ccc3nc(C4CCOCC4)[nH]c3c2)CC1)c1ccc(F)cc1. The first-order valence-corrected chi connectivity index (χ1v) is 14.4. The summed E-state index contributed by atoms with van der Waals surface area (Å²) in [6.45, 7) is 3.29. The molecule has 2 heterocycles. The lowest BCUT2D eigenvalue weighted by Crippen LogP contribution is -2.41. The van der Waals surface area contributed by atoms with E-state index in [0.29, 0.717) is 50.3 Å². The van der Waals surface area contributed by atoms with Crippen molar-refractivity contribution in [3.05, 3.63) is 59.7 Å². The van der Waals surface area contributed by atoms with Crippen LogP contribution in [0.15, 0.2) is 47.4 Å². The molecule has 5 rings (SSSR count). The number of benzene rings is 2. The van der Waals surface area contributed by atoms with Crippen LogP contribution in [0.25, 0.3) is 11.0 Å². The summed E-state index contributed by atoms with van der Waals surface area (Å²) in [5.41, 5.74) is 2.30. The Kier molecular flexibility index (Phi) is 7.60. The summed E-state index contributed by atoms with van der Waals surface area (Å²) >= 11 is 0. The molecule has 37 heavy (non-hydrogen) atoms. The van der Waals surface area contributed by atoms with E-state index in [0.717, 1.165) is 29.7 Å². The molecule has 1 amide bonds. The zero-order chi connectivity index (χ0) is 26.0. The number of hydrogen-bond acceptors (Lipinski definition) is 5. The fourth-order valence-electron chi connectivity index (χ4n) is 5.27. The van der Waals surface area contributed by atoms with E-state index in [9.17, 15) is 17.6 Å². The molecular weight excluding hydrogens is 495 g/mol. The molecule has 3 N–H and O–H groups in total. The second-order valence-electron chi connectivity index (χ2n) is 10.1. The zero-order valence-electron chi connectivity index (χ0n) is 20.9. The third-order valence-corrected chi connectivity index (χ3v) is 9.06. The number of nitrogens with zero attached hydrogens (tertiary/aromatic N) is 1. The van der Waals surface area contributed by atoms with Crippen LogP contribution in [0.3, 0.4) is 0 Å². The van der Waals surface area contributed by atoms with Gasteiger partial charge in [-0.1, -0.05) is 12.1 Å². The molecule has 1 aromatic heterocycles. The maximum atomic E-state index is 13.2. The second kappa shape index (κ2) is 10.9. The lowest BCUT2D eigenvalue weighted by Gasteiger charge is -2.29. The third kappa shape index (κ3) is 6.02. The van der Waals surface area contributed by atoms with Gasteiger partial charge in [-0.2, -0.15) is 0 Å². The summed E-state index contributed by atoms with van der Waals surface area (Å²) in [5, 5.41) is 3.00. The van der Waals surface area contributed by atoms with Crippen LogP contribution in [-0.2, 0) is 19.6 Å². The molecule has 2 aromatic carbocycles. The summed E-state index contributed by atoms with van der Waals surface area (Å²) < 4.78 is 47.7. The largest absolute Gasteiger partial charge is 0.381 e. The van der Waals surface area contributed by atoms with Gasteiger partial charge >= 0.3 is 0 Å². The van der Waals surface area contributed by atoms with Crippen molar-refractivity contribution in [1.29, 1.82) is 0 Å². The molecule has 10 heteroatoms. The number of H-pyrrole nitrogens is 1. The van der Waals surface area contributed by atoms with Crippen LogP contribution >= 0.6 is 0 Å². The van der Waals surface area contributed by atoms with Crippen LogP contribution < -0.4 is 10.0 Å². The van der Waals surface area contributed by atoms with Crippen molar-refractivity contribution in [2.45, 2.75) is 68.3 Å². The molecule has 2 aliphatic rings. The van der Waals surface area contributed by atoms with Gasteiger partial charge in [0.05, 0.1) is 22.0 Å². The number of rotatable bonds is 7. The van der Waals surface area contributed by atoms with Crippen molar-refractivity contribution >= 4 is 27.0 Å². The Bertz CT molecular complexity index is 1340. The van der Waals surface area contributed by atoms with E-state index in [1.807, 2.05) is 6.92 Å². The summed E-state index contributed by atoms with van der Waals surface area (Å²) in [4.78, 5) is 20.9. The number of nitrogens with one attached hydrogen (secondary N) is 3. The minimum atomic E-state index is -3.71. The number of sulfonamides is 1. The molecule has 2 fully saturated rings. The van der Waals surface area contributed by atoms with Gasteiger partial charge in [0, 0.05) is 31.1 Å². The number of aromatic amines is 1. The van der Waals surface area contributed by atoms with E-state index in [1.165, 1.54) is 12.1 Å². The number of carbonyl (C=O) groups is 1. The quantitative estimate of drug-likeness (QED) is 0.423. The van der Waals surface area contributed by atoms with Crippen molar-refractivity contribution in [3.63, 3.8) is 0 Å². The molecular formula is C27H33FN4O4S. The van der Waals surface area contributed by atoms with Crippen LogP contribution in [0.2, 0.25) is 0 Å². The zero-order valence-corrected chi connectivity index (χ0v) is 21.7. The number of ether oxygens (including phenoxy) is 1. The number of amides is 1. The molecule has 0 unspecified atom stereocenters. The van der Waals surface area contributed by atoms with E-state index >= 15 is 0 Å². The summed E-state index contributed by atoms with van der Waals surface area (Å²) in [6, 6.07) is 10.6. The lowest BCUT2D eigenvalue weighted by atomic mass is 9.85. The van der Waals surface area contributed by atoms with E-state index < -0.39 is 10.0 Å². The molecule has 1 aliphatic carbocycles. The molecule has 0 spiro atoms.